The third-order valence-electron chi connectivity index (χ3n) is 3.30. The molecule has 0 bridgehead atoms. The summed E-state index contributed by atoms with van der Waals surface area (Å²) in [7, 11) is 0. The highest BCUT2D eigenvalue weighted by atomic mass is 16.5. The summed E-state index contributed by atoms with van der Waals surface area (Å²) in [5.41, 5.74) is 0.325. The van der Waals surface area contributed by atoms with Crippen molar-refractivity contribution in [1.29, 1.82) is 0 Å². The quantitative estimate of drug-likeness (QED) is 0.641. The Labute approximate surface area is 80.4 Å². The summed E-state index contributed by atoms with van der Waals surface area (Å²) in [4.78, 5) is 2.60. The van der Waals surface area contributed by atoms with Crippen molar-refractivity contribution in [1.82, 2.24) is 10.2 Å². The molecule has 2 aliphatic rings. The van der Waals surface area contributed by atoms with Gasteiger partial charge in [-0.3, -0.25) is 4.90 Å². The molecule has 2 fully saturated rings. The topological polar surface area (TPSA) is 24.5 Å². The average molecular weight is 184 g/mol. The second-order valence-corrected chi connectivity index (χ2v) is 4.39. The standard InChI is InChI=1S/C10H20N2O/c1-10(3-8-13-9-10)12-6-2-4-11-5-7-12/h11H,2-9H2,1H3/t10-/m1/s1. The largest absolute Gasteiger partial charge is 0.379 e. The number of hydrogen-bond donors (Lipinski definition) is 1. The summed E-state index contributed by atoms with van der Waals surface area (Å²) in [5.74, 6) is 0. The minimum Gasteiger partial charge on any atom is -0.379 e. The first-order valence-electron chi connectivity index (χ1n) is 5.35. The van der Waals surface area contributed by atoms with Gasteiger partial charge < -0.3 is 10.1 Å². The summed E-state index contributed by atoms with van der Waals surface area (Å²) in [5, 5.41) is 3.44. The van der Waals surface area contributed by atoms with Crippen molar-refractivity contribution in [2.75, 3.05) is 39.4 Å². The Balaban J connectivity index is 1.96. The van der Waals surface area contributed by atoms with Gasteiger partial charge in [0.25, 0.3) is 0 Å². The molecule has 13 heavy (non-hydrogen) atoms. The maximum atomic E-state index is 5.49. The Bertz CT molecular complexity index is 158. The van der Waals surface area contributed by atoms with Gasteiger partial charge in [0, 0.05) is 31.8 Å². The highest BCUT2D eigenvalue weighted by Crippen LogP contribution is 2.25. The van der Waals surface area contributed by atoms with E-state index in [4.69, 9.17) is 4.74 Å². The molecule has 0 aromatic carbocycles. The molecule has 1 atom stereocenters. The lowest BCUT2D eigenvalue weighted by Gasteiger charge is -2.36. The van der Waals surface area contributed by atoms with Crippen LogP contribution in [0.3, 0.4) is 0 Å². The predicted molar refractivity (Wildman–Crippen MR) is 52.9 cm³/mol. The van der Waals surface area contributed by atoms with Crippen molar-refractivity contribution in [3.8, 4) is 0 Å². The lowest BCUT2D eigenvalue weighted by molar-refractivity contribution is 0.0851. The monoisotopic (exact) mass is 184 g/mol. The van der Waals surface area contributed by atoms with Crippen LogP contribution in [0.5, 0.6) is 0 Å². The van der Waals surface area contributed by atoms with Gasteiger partial charge in [0.05, 0.1) is 6.61 Å². The highest BCUT2D eigenvalue weighted by Gasteiger charge is 2.35. The molecule has 0 amide bonds. The Morgan fingerprint density at radius 2 is 2.23 bits per heavy atom. The van der Waals surface area contributed by atoms with Gasteiger partial charge in [0.15, 0.2) is 0 Å². The fourth-order valence-corrected chi connectivity index (χ4v) is 2.29. The second kappa shape index (κ2) is 3.95. The van der Waals surface area contributed by atoms with E-state index in [1.54, 1.807) is 0 Å². The number of rotatable bonds is 1. The maximum Gasteiger partial charge on any atom is 0.0648 e. The van der Waals surface area contributed by atoms with Crippen molar-refractivity contribution in [2.24, 2.45) is 0 Å². The smallest absolute Gasteiger partial charge is 0.0648 e. The van der Waals surface area contributed by atoms with Crippen LogP contribution < -0.4 is 5.32 Å². The molecule has 0 aromatic rings. The van der Waals surface area contributed by atoms with Crippen LogP contribution in [-0.4, -0.2) is 49.8 Å². The van der Waals surface area contributed by atoms with Crippen molar-refractivity contribution in [3.63, 3.8) is 0 Å². The summed E-state index contributed by atoms with van der Waals surface area (Å²) in [6, 6.07) is 0. The zero-order valence-corrected chi connectivity index (χ0v) is 8.51. The van der Waals surface area contributed by atoms with Crippen molar-refractivity contribution < 1.29 is 4.74 Å². The number of hydrogen-bond acceptors (Lipinski definition) is 3. The zero-order valence-electron chi connectivity index (χ0n) is 8.51. The Hall–Kier alpha value is -0.120. The van der Waals surface area contributed by atoms with E-state index >= 15 is 0 Å². The van der Waals surface area contributed by atoms with Crippen LogP contribution in [0.1, 0.15) is 19.8 Å². The van der Waals surface area contributed by atoms with Gasteiger partial charge in [-0.25, -0.2) is 0 Å². The van der Waals surface area contributed by atoms with Gasteiger partial charge in [-0.05, 0) is 26.3 Å². The molecule has 3 heteroatoms. The predicted octanol–water partition coefficient (Wildman–Crippen LogP) is 0.461. The molecule has 0 unspecified atom stereocenters. The molecule has 3 nitrogen and oxygen atoms in total. The molecule has 0 radical (unpaired) electrons. The minimum atomic E-state index is 0.325. The van der Waals surface area contributed by atoms with Crippen LogP contribution in [0.25, 0.3) is 0 Å². The van der Waals surface area contributed by atoms with Crippen molar-refractivity contribution in [2.45, 2.75) is 25.3 Å². The molecule has 0 aromatic heterocycles. The van der Waals surface area contributed by atoms with E-state index in [1.165, 1.54) is 32.5 Å². The maximum absolute atomic E-state index is 5.49. The van der Waals surface area contributed by atoms with Crippen molar-refractivity contribution >= 4 is 0 Å². The molecule has 2 rings (SSSR count). The van der Waals surface area contributed by atoms with E-state index in [9.17, 15) is 0 Å². The first-order valence-corrected chi connectivity index (χ1v) is 5.35. The fraction of sp³-hybridized carbons (Fsp3) is 1.00. The fourth-order valence-electron chi connectivity index (χ4n) is 2.29. The van der Waals surface area contributed by atoms with Gasteiger partial charge in [0.1, 0.15) is 0 Å². The lowest BCUT2D eigenvalue weighted by atomic mass is 9.99. The third-order valence-corrected chi connectivity index (χ3v) is 3.30. The molecule has 76 valence electrons. The van der Waals surface area contributed by atoms with E-state index < -0.39 is 0 Å². The number of nitrogens with zero attached hydrogens (tertiary/aromatic N) is 1. The van der Waals surface area contributed by atoms with Gasteiger partial charge in [0.2, 0.25) is 0 Å². The lowest BCUT2D eigenvalue weighted by Crippen LogP contribution is -2.48. The van der Waals surface area contributed by atoms with Crippen LogP contribution in [-0.2, 0) is 4.74 Å². The van der Waals surface area contributed by atoms with Crippen LogP contribution >= 0.6 is 0 Å². The van der Waals surface area contributed by atoms with E-state index in [2.05, 4.69) is 17.1 Å². The van der Waals surface area contributed by atoms with Gasteiger partial charge >= 0.3 is 0 Å². The Kier molecular flexibility index (Phi) is 2.86. The summed E-state index contributed by atoms with van der Waals surface area (Å²) in [6.45, 7) is 8.93. The third kappa shape index (κ3) is 2.03. The van der Waals surface area contributed by atoms with Crippen LogP contribution in [0, 0.1) is 0 Å². The van der Waals surface area contributed by atoms with E-state index in [1.807, 2.05) is 0 Å². The first kappa shape index (κ1) is 9.44. The first-order chi connectivity index (χ1) is 6.31. The SMILES string of the molecule is C[C@@]1(N2CCCNCC2)CCOC1. The molecule has 0 spiro atoms. The van der Waals surface area contributed by atoms with Crippen molar-refractivity contribution in [3.05, 3.63) is 0 Å². The van der Waals surface area contributed by atoms with Crippen LogP contribution in [0.4, 0.5) is 0 Å². The van der Waals surface area contributed by atoms with Crippen LogP contribution in [0.15, 0.2) is 0 Å². The molecule has 2 heterocycles. The Morgan fingerprint density at radius 3 is 3.00 bits per heavy atom. The summed E-state index contributed by atoms with van der Waals surface area (Å²) >= 11 is 0. The summed E-state index contributed by atoms with van der Waals surface area (Å²) < 4.78 is 5.49. The minimum absolute atomic E-state index is 0.325. The van der Waals surface area contributed by atoms with E-state index in [-0.39, 0.29) is 0 Å². The van der Waals surface area contributed by atoms with Gasteiger partial charge in [-0.1, -0.05) is 0 Å². The zero-order chi connectivity index (χ0) is 9.15. The molecule has 0 aliphatic carbocycles. The van der Waals surface area contributed by atoms with Gasteiger partial charge in [-0.2, -0.15) is 0 Å². The molecule has 2 aliphatic heterocycles. The molecule has 1 N–H and O–H groups in total. The number of ether oxygens (including phenoxy) is 1. The van der Waals surface area contributed by atoms with Gasteiger partial charge in [-0.15, -0.1) is 0 Å². The molecular formula is C10H20N2O. The Morgan fingerprint density at radius 1 is 1.31 bits per heavy atom. The van der Waals surface area contributed by atoms with E-state index in [0.717, 1.165) is 19.8 Å². The number of nitrogens with one attached hydrogen (secondary N) is 1. The van der Waals surface area contributed by atoms with E-state index in [0.29, 0.717) is 5.54 Å². The summed E-state index contributed by atoms with van der Waals surface area (Å²) in [6.07, 6.45) is 2.47. The highest BCUT2D eigenvalue weighted by molar-refractivity contribution is 4.90. The molecule has 2 saturated heterocycles. The average Bonchev–Trinajstić information content (AvgIpc) is 2.44. The molecular weight excluding hydrogens is 164 g/mol. The second-order valence-electron chi connectivity index (χ2n) is 4.39. The van der Waals surface area contributed by atoms with Crippen LogP contribution in [0.2, 0.25) is 0 Å². The molecule has 0 saturated carbocycles. The normalized spacial score (nSPS) is 37.6.